The first-order valence-electron chi connectivity index (χ1n) is 11.1. The molecule has 0 aliphatic heterocycles. The molecule has 2 N–H and O–H groups in total. The molecule has 0 aliphatic rings. The van der Waals surface area contributed by atoms with E-state index in [1.165, 1.54) is 103 Å². The fourth-order valence-electron chi connectivity index (χ4n) is 3.39. The number of hydrogen-bond donors (Lipinski definition) is 2. The van der Waals surface area contributed by atoms with Gasteiger partial charge < -0.3 is 11.6 Å². The van der Waals surface area contributed by atoms with Crippen LogP contribution < -0.4 is 51.4 Å². The van der Waals surface area contributed by atoms with Crippen LogP contribution in [-0.2, 0) is 4.79 Å². The Bertz CT molecular complexity index is 278. The smallest absolute Gasteiger partial charge is 1.00 e. The van der Waals surface area contributed by atoms with E-state index in [1.54, 1.807) is 0 Å². The molecule has 0 saturated heterocycles. The summed E-state index contributed by atoms with van der Waals surface area (Å²) in [6, 6.07) is 0. The Labute approximate surface area is 207 Å². The van der Waals surface area contributed by atoms with Gasteiger partial charge in [0.05, 0.1) is 0 Å². The molecule has 0 aromatic rings. The minimum Gasteiger partial charge on any atom is -1.00 e. The zero-order chi connectivity index (χ0) is 18.4. The number of unbranched alkanes of at least 4 members (excludes halogenated alkanes) is 18. The largest absolute Gasteiger partial charge is 1.00 e. The third-order valence-corrected chi connectivity index (χ3v) is 5.05. The number of aliphatic hydroxyl groups excluding tert-OH is 1. The molecule has 0 saturated carbocycles. The molecule has 0 fully saturated rings. The molecule has 0 unspecified atom stereocenters. The van der Waals surface area contributed by atoms with Crippen molar-refractivity contribution in [1.82, 2.24) is 0 Å². The van der Waals surface area contributed by atoms with Gasteiger partial charge in [-0.15, -0.1) is 0 Å². The molecule has 0 aliphatic carbocycles. The molecule has 0 amide bonds. The van der Waals surface area contributed by atoms with E-state index in [2.05, 4.69) is 0 Å². The van der Waals surface area contributed by atoms with E-state index < -0.39 is 5.97 Å². The van der Waals surface area contributed by atoms with Crippen LogP contribution in [0.25, 0.3) is 0 Å². The average Bonchev–Trinajstić information content (AvgIpc) is 2.60. The van der Waals surface area contributed by atoms with Crippen molar-refractivity contribution in [3.8, 4) is 0 Å². The van der Waals surface area contributed by atoms with Gasteiger partial charge in [-0.1, -0.05) is 109 Å². The van der Waals surface area contributed by atoms with Crippen molar-refractivity contribution < 1.29 is 67.8 Å². The predicted octanol–water partition coefficient (Wildman–Crippen LogP) is 3.98. The van der Waals surface area contributed by atoms with Crippen LogP contribution in [0, 0.1) is 0 Å². The van der Waals surface area contributed by atoms with Crippen molar-refractivity contribution in [2.45, 2.75) is 128 Å². The van der Waals surface area contributed by atoms with Gasteiger partial charge >= 0.3 is 57.4 Å². The van der Waals surface area contributed by atoms with E-state index in [4.69, 9.17) is 10.2 Å². The predicted molar refractivity (Wildman–Crippen MR) is 108 cm³/mol. The maximum Gasteiger partial charge on any atom is 1.00 e. The van der Waals surface area contributed by atoms with Crippen molar-refractivity contribution in [3.63, 3.8) is 0 Å². The Kier molecular flexibility index (Phi) is 29.3. The molecular formula is C22H45KO3. The van der Waals surface area contributed by atoms with Crippen LogP contribution in [0.3, 0.4) is 0 Å². The second kappa shape index (κ2) is 26.1. The molecule has 152 valence electrons. The minimum atomic E-state index is -0.658. The quantitative estimate of drug-likeness (QED) is 0.228. The summed E-state index contributed by atoms with van der Waals surface area (Å²) in [7, 11) is 0. The maximum absolute atomic E-state index is 10.4. The van der Waals surface area contributed by atoms with Gasteiger partial charge in [-0.3, -0.25) is 4.79 Å². The molecule has 0 spiro atoms. The van der Waals surface area contributed by atoms with E-state index in [-0.39, 0.29) is 52.8 Å². The van der Waals surface area contributed by atoms with Crippen molar-refractivity contribution in [2.75, 3.05) is 6.61 Å². The molecule has 0 radical (unpaired) electrons. The maximum atomic E-state index is 10.4. The second-order valence-electron chi connectivity index (χ2n) is 7.58. The first-order chi connectivity index (χ1) is 12.3. The number of aliphatic carboxylic acids is 1. The number of aliphatic hydroxyl groups is 1. The third-order valence-electron chi connectivity index (χ3n) is 5.05. The van der Waals surface area contributed by atoms with Crippen molar-refractivity contribution >= 4 is 5.97 Å². The Morgan fingerprint density at radius 2 is 0.731 bits per heavy atom. The van der Waals surface area contributed by atoms with Gasteiger partial charge in [0, 0.05) is 13.0 Å². The topological polar surface area (TPSA) is 57.5 Å². The third kappa shape index (κ3) is 27.3. The van der Waals surface area contributed by atoms with E-state index >= 15 is 0 Å². The Balaban J connectivity index is -0.00000288. The van der Waals surface area contributed by atoms with Crippen LogP contribution in [-0.4, -0.2) is 22.8 Å². The van der Waals surface area contributed by atoms with E-state index in [9.17, 15) is 4.79 Å². The Hall–Kier alpha value is 1.07. The molecule has 0 aromatic carbocycles. The number of carboxylic acid groups (broad SMARTS) is 1. The summed E-state index contributed by atoms with van der Waals surface area (Å²) < 4.78 is 0. The summed E-state index contributed by atoms with van der Waals surface area (Å²) in [5.74, 6) is -0.658. The fourth-order valence-corrected chi connectivity index (χ4v) is 3.39. The molecule has 0 bridgehead atoms. The molecular weight excluding hydrogens is 351 g/mol. The number of hydrogen-bond acceptors (Lipinski definition) is 2. The van der Waals surface area contributed by atoms with Crippen LogP contribution in [0.15, 0.2) is 0 Å². The van der Waals surface area contributed by atoms with Gasteiger partial charge in [-0.2, -0.15) is 0 Å². The van der Waals surface area contributed by atoms with Gasteiger partial charge in [-0.05, 0) is 12.8 Å². The Morgan fingerprint density at radius 1 is 0.500 bits per heavy atom. The van der Waals surface area contributed by atoms with Crippen LogP contribution in [0.5, 0.6) is 0 Å². The Morgan fingerprint density at radius 3 is 0.962 bits per heavy atom. The van der Waals surface area contributed by atoms with Crippen LogP contribution in [0.4, 0.5) is 0 Å². The van der Waals surface area contributed by atoms with E-state index in [0.29, 0.717) is 13.0 Å². The van der Waals surface area contributed by atoms with Crippen LogP contribution in [0.2, 0.25) is 0 Å². The summed E-state index contributed by atoms with van der Waals surface area (Å²) >= 11 is 0. The van der Waals surface area contributed by atoms with Gasteiger partial charge in [0.2, 0.25) is 0 Å². The fraction of sp³-hybridized carbons (Fsp3) is 0.955. The molecule has 0 heterocycles. The molecule has 0 rings (SSSR count). The first kappa shape index (κ1) is 29.3. The van der Waals surface area contributed by atoms with E-state index in [1.807, 2.05) is 0 Å². The van der Waals surface area contributed by atoms with Crippen molar-refractivity contribution in [2.24, 2.45) is 0 Å². The summed E-state index contributed by atoms with van der Waals surface area (Å²) in [6.45, 7) is 0.356. The second-order valence-corrected chi connectivity index (χ2v) is 7.58. The summed E-state index contributed by atoms with van der Waals surface area (Å²) in [4.78, 5) is 10.4. The standard InChI is InChI=1S/C22H44O3.K.H/c23-21-19-17-15-13-11-9-7-5-3-1-2-4-6-8-10-12-14-16-18-20-22(24)25;;/h23H,1-21H2,(H,24,25);;/q;+1;-1. The first-order valence-corrected chi connectivity index (χ1v) is 11.1. The van der Waals surface area contributed by atoms with Crippen molar-refractivity contribution in [1.29, 1.82) is 0 Å². The average molecular weight is 397 g/mol. The molecule has 0 atom stereocenters. The zero-order valence-electron chi connectivity index (χ0n) is 18.7. The van der Waals surface area contributed by atoms with Gasteiger partial charge in [0.25, 0.3) is 0 Å². The molecule has 3 nitrogen and oxygen atoms in total. The van der Waals surface area contributed by atoms with Gasteiger partial charge in [0.1, 0.15) is 0 Å². The number of rotatable bonds is 21. The summed E-state index contributed by atoms with van der Waals surface area (Å²) in [6.07, 6.45) is 24.8. The zero-order valence-corrected chi connectivity index (χ0v) is 20.8. The molecule has 0 aromatic heterocycles. The SMILES string of the molecule is O=C(O)CCCCCCCCCCCCCCCCCCCCCO.[H-].[K+]. The molecule has 26 heavy (non-hydrogen) atoms. The van der Waals surface area contributed by atoms with Crippen molar-refractivity contribution in [3.05, 3.63) is 0 Å². The van der Waals surface area contributed by atoms with Crippen LogP contribution in [0.1, 0.15) is 130 Å². The van der Waals surface area contributed by atoms with Crippen LogP contribution >= 0.6 is 0 Å². The minimum absolute atomic E-state index is 0. The molecule has 4 heteroatoms. The summed E-state index contributed by atoms with van der Waals surface area (Å²) in [5.41, 5.74) is 0. The van der Waals surface area contributed by atoms with E-state index in [0.717, 1.165) is 19.3 Å². The van der Waals surface area contributed by atoms with Gasteiger partial charge in [-0.25, -0.2) is 0 Å². The monoisotopic (exact) mass is 396 g/mol. The number of carboxylic acids is 1. The summed E-state index contributed by atoms with van der Waals surface area (Å²) in [5, 5.41) is 17.3. The van der Waals surface area contributed by atoms with Gasteiger partial charge in [0.15, 0.2) is 0 Å². The number of carbonyl (C=O) groups is 1. The normalized spacial score (nSPS) is 10.7.